The maximum Gasteiger partial charge on any atom is 0.201 e. The van der Waals surface area contributed by atoms with Gasteiger partial charge in [-0.15, -0.1) is 0 Å². The van der Waals surface area contributed by atoms with Crippen molar-refractivity contribution in [2.24, 2.45) is 0 Å². The first-order valence-electron chi connectivity index (χ1n) is 6.71. The van der Waals surface area contributed by atoms with Crippen LogP contribution in [-0.2, 0) is 13.1 Å². The quantitative estimate of drug-likeness (QED) is 0.718. The number of hydrogen-bond acceptors (Lipinski definition) is 3. The standard InChI is InChI=1S/C14H15BrFN5/c15-10-7-12-13(8-11(10)16)21(14(17)19-12)5-2-1-4-20-6-3-18-9-20/h3,6-9H,1-2,4-5H2,(H2,17,19). The van der Waals surface area contributed by atoms with E-state index < -0.39 is 0 Å². The van der Waals surface area contributed by atoms with Crippen LogP contribution in [0.15, 0.2) is 35.3 Å². The minimum Gasteiger partial charge on any atom is -0.369 e. The van der Waals surface area contributed by atoms with Crippen LogP contribution in [0.3, 0.4) is 0 Å². The molecule has 110 valence electrons. The van der Waals surface area contributed by atoms with E-state index in [9.17, 15) is 4.39 Å². The van der Waals surface area contributed by atoms with Crippen molar-refractivity contribution in [3.63, 3.8) is 0 Å². The van der Waals surface area contributed by atoms with Crippen molar-refractivity contribution >= 4 is 32.9 Å². The third-order valence-corrected chi connectivity index (χ3v) is 4.03. The van der Waals surface area contributed by atoms with E-state index in [2.05, 4.69) is 25.9 Å². The number of hydrogen-bond donors (Lipinski definition) is 1. The zero-order valence-electron chi connectivity index (χ0n) is 11.3. The first-order valence-corrected chi connectivity index (χ1v) is 7.51. The van der Waals surface area contributed by atoms with E-state index in [0.29, 0.717) is 15.9 Å². The first kappa shape index (κ1) is 14.1. The zero-order valence-corrected chi connectivity index (χ0v) is 12.9. The van der Waals surface area contributed by atoms with E-state index in [1.165, 1.54) is 6.07 Å². The molecular formula is C14H15BrFN5. The van der Waals surface area contributed by atoms with Crippen molar-refractivity contribution < 1.29 is 4.39 Å². The molecule has 0 bridgehead atoms. The molecule has 3 rings (SSSR count). The van der Waals surface area contributed by atoms with Gasteiger partial charge in [-0.2, -0.15) is 0 Å². The molecule has 0 spiro atoms. The van der Waals surface area contributed by atoms with E-state index in [1.54, 1.807) is 18.6 Å². The summed E-state index contributed by atoms with van der Waals surface area (Å²) in [5.41, 5.74) is 7.37. The van der Waals surface area contributed by atoms with Crippen molar-refractivity contribution in [1.29, 1.82) is 0 Å². The van der Waals surface area contributed by atoms with Crippen LogP contribution in [0, 0.1) is 5.82 Å². The first-order chi connectivity index (χ1) is 10.1. The molecule has 0 unspecified atom stereocenters. The maximum absolute atomic E-state index is 13.7. The van der Waals surface area contributed by atoms with Crippen LogP contribution >= 0.6 is 15.9 Å². The van der Waals surface area contributed by atoms with Gasteiger partial charge in [-0.1, -0.05) is 0 Å². The smallest absolute Gasteiger partial charge is 0.201 e. The number of nitrogens with two attached hydrogens (primary N) is 1. The third kappa shape index (κ3) is 2.92. The fourth-order valence-corrected chi connectivity index (χ4v) is 2.69. The molecule has 0 aliphatic carbocycles. The van der Waals surface area contributed by atoms with Gasteiger partial charge < -0.3 is 14.9 Å². The summed E-state index contributed by atoms with van der Waals surface area (Å²) in [6.45, 7) is 1.63. The van der Waals surface area contributed by atoms with Gasteiger partial charge in [0.25, 0.3) is 0 Å². The van der Waals surface area contributed by atoms with Crippen LogP contribution in [0.25, 0.3) is 11.0 Å². The molecule has 0 radical (unpaired) electrons. The number of aryl methyl sites for hydroxylation is 2. The molecule has 0 saturated carbocycles. The summed E-state index contributed by atoms with van der Waals surface area (Å²) in [7, 11) is 0. The number of rotatable bonds is 5. The summed E-state index contributed by atoms with van der Waals surface area (Å²) >= 11 is 3.16. The van der Waals surface area contributed by atoms with Crippen molar-refractivity contribution in [3.8, 4) is 0 Å². The van der Waals surface area contributed by atoms with E-state index in [0.717, 1.165) is 31.4 Å². The lowest BCUT2D eigenvalue weighted by Gasteiger charge is -2.07. The van der Waals surface area contributed by atoms with Crippen LogP contribution in [-0.4, -0.2) is 19.1 Å². The number of imidazole rings is 2. The highest BCUT2D eigenvalue weighted by Crippen LogP contribution is 2.25. The average molecular weight is 352 g/mol. The summed E-state index contributed by atoms with van der Waals surface area (Å²) in [5.74, 6) is 0.118. The van der Waals surface area contributed by atoms with E-state index in [1.807, 2.05) is 15.3 Å². The Kier molecular flexibility index (Phi) is 3.92. The number of benzene rings is 1. The molecule has 1 aromatic carbocycles. The molecule has 2 heterocycles. The van der Waals surface area contributed by atoms with Gasteiger partial charge >= 0.3 is 0 Å². The summed E-state index contributed by atoms with van der Waals surface area (Å²) in [4.78, 5) is 8.28. The van der Waals surface area contributed by atoms with Crippen molar-refractivity contribution in [2.75, 3.05) is 5.73 Å². The Balaban J connectivity index is 1.71. The monoisotopic (exact) mass is 351 g/mol. The molecule has 0 atom stereocenters. The second-order valence-electron chi connectivity index (χ2n) is 4.88. The Hall–Kier alpha value is -1.89. The Morgan fingerprint density at radius 1 is 1.24 bits per heavy atom. The zero-order chi connectivity index (χ0) is 14.8. The van der Waals surface area contributed by atoms with Gasteiger partial charge in [0.15, 0.2) is 0 Å². The van der Waals surface area contributed by atoms with Crippen molar-refractivity contribution in [2.45, 2.75) is 25.9 Å². The van der Waals surface area contributed by atoms with Crippen molar-refractivity contribution in [3.05, 3.63) is 41.1 Å². The lowest BCUT2D eigenvalue weighted by Crippen LogP contribution is -2.05. The molecule has 2 aromatic heterocycles. The molecule has 0 fully saturated rings. The van der Waals surface area contributed by atoms with E-state index in [-0.39, 0.29) is 5.82 Å². The molecule has 7 heteroatoms. The molecule has 0 aliphatic rings. The Morgan fingerprint density at radius 2 is 2.05 bits per heavy atom. The largest absolute Gasteiger partial charge is 0.369 e. The predicted octanol–water partition coefficient (Wildman–Crippen LogP) is 3.20. The van der Waals surface area contributed by atoms with Gasteiger partial charge in [-0.05, 0) is 34.8 Å². The molecule has 0 amide bonds. The SMILES string of the molecule is Nc1nc2cc(Br)c(F)cc2n1CCCCn1ccnc1. The van der Waals surface area contributed by atoms with Gasteiger partial charge in [0.2, 0.25) is 5.95 Å². The number of anilines is 1. The van der Waals surface area contributed by atoms with Crippen LogP contribution in [0.2, 0.25) is 0 Å². The molecule has 21 heavy (non-hydrogen) atoms. The average Bonchev–Trinajstić information content (AvgIpc) is 3.05. The molecule has 2 N–H and O–H groups in total. The normalized spacial score (nSPS) is 11.3. The summed E-state index contributed by atoms with van der Waals surface area (Å²) < 4.78 is 18.0. The number of halogens is 2. The fraction of sp³-hybridized carbons (Fsp3) is 0.286. The Morgan fingerprint density at radius 3 is 2.81 bits per heavy atom. The highest BCUT2D eigenvalue weighted by molar-refractivity contribution is 9.10. The second-order valence-corrected chi connectivity index (χ2v) is 5.74. The Bertz CT molecular complexity index is 750. The third-order valence-electron chi connectivity index (χ3n) is 3.43. The fourth-order valence-electron chi connectivity index (χ4n) is 2.36. The van der Waals surface area contributed by atoms with Gasteiger partial charge in [-0.3, -0.25) is 0 Å². The highest BCUT2D eigenvalue weighted by atomic mass is 79.9. The van der Waals surface area contributed by atoms with Gasteiger partial charge in [0, 0.05) is 31.5 Å². The second kappa shape index (κ2) is 5.85. The summed E-state index contributed by atoms with van der Waals surface area (Å²) in [6, 6.07) is 3.13. The number of unbranched alkanes of at least 4 members (excludes halogenated alkanes) is 1. The molecule has 5 nitrogen and oxygen atoms in total. The number of nitrogens with zero attached hydrogens (tertiary/aromatic N) is 4. The minimum absolute atomic E-state index is 0.304. The van der Waals surface area contributed by atoms with Crippen molar-refractivity contribution in [1.82, 2.24) is 19.1 Å². The van der Waals surface area contributed by atoms with Gasteiger partial charge in [0.05, 0.1) is 21.8 Å². The maximum atomic E-state index is 13.7. The predicted molar refractivity (Wildman–Crippen MR) is 83.3 cm³/mol. The van der Waals surface area contributed by atoms with E-state index in [4.69, 9.17) is 5.73 Å². The van der Waals surface area contributed by atoms with Crippen LogP contribution < -0.4 is 5.73 Å². The summed E-state index contributed by atoms with van der Waals surface area (Å²) in [6.07, 6.45) is 7.43. The van der Waals surface area contributed by atoms with Crippen LogP contribution in [0.4, 0.5) is 10.3 Å². The number of fused-ring (bicyclic) bond motifs is 1. The minimum atomic E-state index is -0.304. The lowest BCUT2D eigenvalue weighted by atomic mass is 10.2. The lowest BCUT2D eigenvalue weighted by molar-refractivity contribution is 0.561. The highest BCUT2D eigenvalue weighted by Gasteiger charge is 2.11. The van der Waals surface area contributed by atoms with Gasteiger partial charge in [-0.25, -0.2) is 14.4 Å². The van der Waals surface area contributed by atoms with Crippen LogP contribution in [0.1, 0.15) is 12.8 Å². The molecule has 3 aromatic rings. The molecule has 0 aliphatic heterocycles. The molecular weight excluding hydrogens is 337 g/mol. The molecule has 0 saturated heterocycles. The van der Waals surface area contributed by atoms with Gasteiger partial charge in [0.1, 0.15) is 5.82 Å². The van der Waals surface area contributed by atoms with Crippen LogP contribution in [0.5, 0.6) is 0 Å². The topological polar surface area (TPSA) is 61.7 Å². The Labute approximate surface area is 129 Å². The van der Waals surface area contributed by atoms with E-state index >= 15 is 0 Å². The number of aromatic nitrogens is 4. The number of nitrogen functional groups attached to an aromatic ring is 1. The summed E-state index contributed by atoms with van der Waals surface area (Å²) in [5, 5.41) is 0.